The van der Waals surface area contributed by atoms with E-state index in [1.54, 1.807) is 12.1 Å². The highest BCUT2D eigenvalue weighted by Crippen LogP contribution is 2.33. The van der Waals surface area contributed by atoms with Gasteiger partial charge in [0.25, 0.3) is 0 Å². The van der Waals surface area contributed by atoms with Crippen molar-refractivity contribution in [2.45, 2.75) is 33.5 Å². The zero-order valence-electron chi connectivity index (χ0n) is 19.0. The van der Waals surface area contributed by atoms with Crippen molar-refractivity contribution >= 4 is 16.9 Å². The number of aromatic nitrogens is 1. The maximum Gasteiger partial charge on any atom is 0.398 e. The van der Waals surface area contributed by atoms with Crippen molar-refractivity contribution in [3.63, 3.8) is 0 Å². The first-order valence-electron chi connectivity index (χ1n) is 10.8. The van der Waals surface area contributed by atoms with Gasteiger partial charge in [-0.15, -0.1) is 0 Å². The number of halogens is 3. The molecule has 3 rings (SSSR count). The highest BCUT2D eigenvalue weighted by molar-refractivity contribution is 5.88. The topological polar surface area (TPSA) is 40.5 Å². The van der Waals surface area contributed by atoms with Gasteiger partial charge in [0.05, 0.1) is 5.52 Å². The second-order valence-electron chi connectivity index (χ2n) is 8.55. The van der Waals surface area contributed by atoms with Crippen molar-refractivity contribution < 1.29 is 27.4 Å². The zero-order valence-corrected chi connectivity index (χ0v) is 19.0. The maximum atomic E-state index is 13.4. The second kappa shape index (κ2) is 10.1. The molecule has 176 valence electrons. The van der Waals surface area contributed by atoms with Gasteiger partial charge < -0.3 is 14.0 Å². The van der Waals surface area contributed by atoms with Crippen LogP contribution in [0.4, 0.5) is 13.2 Å². The molecule has 0 fully saturated rings. The summed E-state index contributed by atoms with van der Waals surface area (Å²) in [6.45, 7) is 8.26. The summed E-state index contributed by atoms with van der Waals surface area (Å²) in [6, 6.07) is 17.3. The molecule has 0 saturated heterocycles. The van der Waals surface area contributed by atoms with Crippen LogP contribution in [-0.2, 0) is 16.1 Å². The molecule has 0 aliphatic rings. The molecule has 0 spiro atoms. The van der Waals surface area contributed by atoms with Gasteiger partial charge in [0, 0.05) is 29.3 Å². The van der Waals surface area contributed by atoms with Crippen molar-refractivity contribution in [1.29, 1.82) is 0 Å². The lowest BCUT2D eigenvalue weighted by atomic mass is 10.1. The van der Waals surface area contributed by atoms with Crippen molar-refractivity contribution in [2.24, 2.45) is 11.8 Å². The van der Waals surface area contributed by atoms with E-state index in [0.717, 1.165) is 28.7 Å². The molecule has 7 heteroatoms. The SMILES string of the molecule is C=C(C)C(=O)OCC(COc1ccc2cc(-c3ccccc3)n(CC(C)C)c2c1)C(F)(F)F. The van der Waals surface area contributed by atoms with Gasteiger partial charge in [-0.1, -0.05) is 50.8 Å². The molecule has 0 radical (unpaired) electrons. The second-order valence-corrected chi connectivity index (χ2v) is 8.55. The minimum Gasteiger partial charge on any atom is -0.493 e. The van der Waals surface area contributed by atoms with Crippen molar-refractivity contribution in [2.75, 3.05) is 13.2 Å². The lowest BCUT2D eigenvalue weighted by Crippen LogP contribution is -2.33. The maximum absolute atomic E-state index is 13.4. The predicted molar refractivity (Wildman–Crippen MR) is 123 cm³/mol. The lowest BCUT2D eigenvalue weighted by Gasteiger charge is -2.20. The van der Waals surface area contributed by atoms with Crippen LogP contribution in [0.3, 0.4) is 0 Å². The normalized spacial score (nSPS) is 12.7. The number of nitrogens with zero attached hydrogens (tertiary/aromatic N) is 1. The molecule has 0 bridgehead atoms. The fraction of sp³-hybridized carbons (Fsp3) is 0.346. The molecule has 1 aromatic heterocycles. The molecule has 0 aliphatic carbocycles. The van der Waals surface area contributed by atoms with E-state index in [2.05, 4.69) is 31.1 Å². The molecule has 0 amide bonds. The van der Waals surface area contributed by atoms with Crippen LogP contribution in [0.15, 0.2) is 66.7 Å². The number of hydrogen-bond donors (Lipinski definition) is 0. The largest absolute Gasteiger partial charge is 0.493 e. The number of esters is 1. The molecule has 33 heavy (non-hydrogen) atoms. The van der Waals surface area contributed by atoms with Crippen molar-refractivity contribution in [3.8, 4) is 17.0 Å². The summed E-state index contributed by atoms with van der Waals surface area (Å²) in [6.07, 6.45) is -4.57. The Labute approximate surface area is 191 Å². The number of carbonyl (C=O) groups excluding carboxylic acids is 1. The predicted octanol–water partition coefficient (Wildman–Crippen LogP) is 6.64. The Morgan fingerprint density at radius 3 is 2.36 bits per heavy atom. The Bertz CT molecular complexity index is 1120. The highest BCUT2D eigenvalue weighted by atomic mass is 19.4. The fourth-order valence-electron chi connectivity index (χ4n) is 3.47. The van der Waals surface area contributed by atoms with Gasteiger partial charge in [0.15, 0.2) is 0 Å². The smallest absolute Gasteiger partial charge is 0.398 e. The van der Waals surface area contributed by atoms with Gasteiger partial charge in [-0.3, -0.25) is 0 Å². The average Bonchev–Trinajstić information content (AvgIpc) is 3.10. The molecule has 1 heterocycles. The van der Waals surface area contributed by atoms with Gasteiger partial charge in [0.1, 0.15) is 24.9 Å². The van der Waals surface area contributed by atoms with Crippen LogP contribution >= 0.6 is 0 Å². The van der Waals surface area contributed by atoms with E-state index in [1.165, 1.54) is 6.92 Å². The monoisotopic (exact) mass is 459 g/mol. The fourth-order valence-corrected chi connectivity index (χ4v) is 3.47. The summed E-state index contributed by atoms with van der Waals surface area (Å²) in [5, 5.41) is 0.976. The van der Waals surface area contributed by atoms with Crippen LogP contribution in [0.2, 0.25) is 0 Å². The Hall–Kier alpha value is -3.22. The van der Waals surface area contributed by atoms with E-state index in [1.807, 2.05) is 36.4 Å². The number of alkyl halides is 3. The third-order valence-electron chi connectivity index (χ3n) is 5.17. The summed E-state index contributed by atoms with van der Waals surface area (Å²) in [7, 11) is 0. The number of hydrogen-bond acceptors (Lipinski definition) is 3. The van der Waals surface area contributed by atoms with E-state index < -0.39 is 31.3 Å². The molecular formula is C26H28F3NO3. The van der Waals surface area contributed by atoms with Gasteiger partial charge in [-0.25, -0.2) is 4.79 Å². The molecule has 0 aliphatic heterocycles. The Balaban J connectivity index is 1.86. The van der Waals surface area contributed by atoms with Crippen LogP contribution in [0.1, 0.15) is 20.8 Å². The molecule has 1 unspecified atom stereocenters. The van der Waals surface area contributed by atoms with Crippen LogP contribution in [0.5, 0.6) is 5.75 Å². The Morgan fingerprint density at radius 1 is 1.06 bits per heavy atom. The summed E-state index contributed by atoms with van der Waals surface area (Å²) in [5.74, 6) is -2.11. The van der Waals surface area contributed by atoms with E-state index in [4.69, 9.17) is 9.47 Å². The molecule has 4 nitrogen and oxygen atoms in total. The number of carbonyl (C=O) groups is 1. The molecule has 2 aromatic carbocycles. The highest BCUT2D eigenvalue weighted by Gasteiger charge is 2.41. The first-order valence-corrected chi connectivity index (χ1v) is 10.8. The van der Waals surface area contributed by atoms with Gasteiger partial charge in [-0.2, -0.15) is 13.2 Å². The van der Waals surface area contributed by atoms with Gasteiger partial charge in [-0.05, 0) is 36.6 Å². The van der Waals surface area contributed by atoms with E-state index in [9.17, 15) is 18.0 Å². The molecule has 0 N–H and O–H groups in total. The van der Waals surface area contributed by atoms with Crippen molar-refractivity contribution in [1.82, 2.24) is 4.57 Å². The van der Waals surface area contributed by atoms with Gasteiger partial charge in [0.2, 0.25) is 0 Å². The first-order chi connectivity index (χ1) is 15.6. The Kier molecular flexibility index (Phi) is 7.51. The molecule has 3 aromatic rings. The van der Waals surface area contributed by atoms with Crippen LogP contribution in [0.25, 0.3) is 22.2 Å². The lowest BCUT2D eigenvalue weighted by molar-refractivity contribution is -0.196. The van der Waals surface area contributed by atoms with Crippen molar-refractivity contribution in [3.05, 3.63) is 66.7 Å². The molecule has 0 saturated carbocycles. The average molecular weight is 460 g/mol. The summed E-state index contributed by atoms with van der Waals surface area (Å²) in [4.78, 5) is 11.5. The molecular weight excluding hydrogens is 431 g/mol. The van der Waals surface area contributed by atoms with Crippen LogP contribution in [0, 0.1) is 11.8 Å². The number of rotatable bonds is 9. The van der Waals surface area contributed by atoms with E-state index in [-0.39, 0.29) is 5.57 Å². The van der Waals surface area contributed by atoms with E-state index in [0.29, 0.717) is 11.7 Å². The zero-order chi connectivity index (χ0) is 24.2. The van der Waals surface area contributed by atoms with E-state index >= 15 is 0 Å². The number of benzene rings is 2. The van der Waals surface area contributed by atoms with Crippen LogP contribution < -0.4 is 4.74 Å². The molecule has 1 atom stereocenters. The number of ether oxygens (including phenoxy) is 2. The minimum absolute atomic E-state index is 0.0439. The standard InChI is InChI=1S/C26H28F3NO3/c1-17(2)14-30-23(19-8-6-5-7-9-19)12-20-10-11-22(13-24(20)30)32-15-21(26(27,28)29)16-33-25(31)18(3)4/h5-13,17,21H,3,14-16H2,1-2,4H3. The van der Waals surface area contributed by atoms with Crippen LogP contribution in [-0.4, -0.2) is 29.9 Å². The van der Waals surface area contributed by atoms with Gasteiger partial charge >= 0.3 is 12.1 Å². The summed E-state index contributed by atoms with van der Waals surface area (Å²) >= 11 is 0. The number of fused-ring (bicyclic) bond motifs is 1. The quantitative estimate of drug-likeness (QED) is 0.266. The Morgan fingerprint density at radius 2 is 1.76 bits per heavy atom. The third-order valence-corrected chi connectivity index (χ3v) is 5.17. The first kappa shape index (κ1) is 24.4. The summed E-state index contributed by atoms with van der Waals surface area (Å²) < 4.78 is 52.7. The summed E-state index contributed by atoms with van der Waals surface area (Å²) in [5.41, 5.74) is 3.03. The third kappa shape index (κ3) is 6.18. The minimum atomic E-state index is -4.57.